The second-order valence-corrected chi connectivity index (χ2v) is 7.46. The van der Waals surface area contributed by atoms with Gasteiger partial charge in [0.25, 0.3) is 0 Å². The fourth-order valence-corrected chi connectivity index (χ4v) is 5.52. The van der Waals surface area contributed by atoms with Crippen LogP contribution in [0.1, 0.15) is 11.8 Å². The first-order valence-corrected chi connectivity index (χ1v) is 8.92. The molecule has 0 saturated carbocycles. The fraction of sp³-hybridized carbons (Fsp3) is 0.429. The molecule has 5 heteroatoms. The molecule has 0 radical (unpaired) electrons. The monoisotopic (exact) mass is 313 g/mol. The predicted molar refractivity (Wildman–Crippen MR) is 86.6 cm³/mol. The average Bonchev–Trinajstić information content (AvgIpc) is 2.86. The van der Waals surface area contributed by atoms with Gasteiger partial charge in [0.2, 0.25) is 0 Å². The lowest BCUT2D eigenvalue weighted by molar-refractivity contribution is 0.452. The van der Waals surface area contributed by atoms with Crippen LogP contribution in [-0.4, -0.2) is 29.6 Å². The summed E-state index contributed by atoms with van der Waals surface area (Å²) < 4.78 is 5.99. The zero-order valence-electron chi connectivity index (χ0n) is 10.7. The van der Waals surface area contributed by atoms with E-state index in [9.17, 15) is 0 Å². The van der Waals surface area contributed by atoms with Crippen molar-refractivity contribution < 1.29 is 4.42 Å². The van der Waals surface area contributed by atoms with Crippen molar-refractivity contribution in [3.63, 3.8) is 0 Å². The maximum Gasteiger partial charge on any atom is 0.152 e. The Morgan fingerprint density at radius 2 is 2.32 bits per heavy atom. The van der Waals surface area contributed by atoms with Gasteiger partial charge in [-0.05, 0) is 19.2 Å². The molecule has 2 heterocycles. The molecule has 0 bridgehead atoms. The van der Waals surface area contributed by atoms with Crippen molar-refractivity contribution in [2.75, 3.05) is 24.3 Å². The van der Waals surface area contributed by atoms with Gasteiger partial charge < -0.3 is 9.73 Å². The summed E-state index contributed by atoms with van der Waals surface area (Å²) in [5, 5.41) is 5.72. The van der Waals surface area contributed by atoms with Gasteiger partial charge in [-0.1, -0.05) is 23.7 Å². The summed E-state index contributed by atoms with van der Waals surface area (Å²) in [5.41, 5.74) is 0.799. The van der Waals surface area contributed by atoms with Crippen LogP contribution in [0.5, 0.6) is 0 Å². The molecule has 2 atom stereocenters. The van der Waals surface area contributed by atoms with Gasteiger partial charge in [-0.3, -0.25) is 0 Å². The van der Waals surface area contributed by atoms with Gasteiger partial charge in [0.1, 0.15) is 5.76 Å². The van der Waals surface area contributed by atoms with Crippen LogP contribution >= 0.6 is 35.1 Å². The standard InChI is InChI=1S/C14H16ClNOS2/c1-16-13(12-8-18-5-6-19-12)11-7-9-3-2-4-10(15)14(9)17-11/h2-4,7,12-13,16H,5-6,8H2,1H3. The maximum atomic E-state index is 6.18. The van der Waals surface area contributed by atoms with Crippen LogP contribution in [-0.2, 0) is 0 Å². The molecular weight excluding hydrogens is 298 g/mol. The Kier molecular flexibility index (Phi) is 4.32. The largest absolute Gasteiger partial charge is 0.458 e. The van der Waals surface area contributed by atoms with Crippen LogP contribution in [0.25, 0.3) is 11.0 Å². The van der Waals surface area contributed by atoms with Crippen LogP contribution in [0.3, 0.4) is 0 Å². The number of fused-ring (bicyclic) bond motifs is 1. The average molecular weight is 314 g/mol. The summed E-state index contributed by atoms with van der Waals surface area (Å²) in [6.45, 7) is 0. The van der Waals surface area contributed by atoms with E-state index in [2.05, 4.69) is 11.4 Å². The molecule has 2 aromatic rings. The number of para-hydroxylation sites is 1. The zero-order valence-corrected chi connectivity index (χ0v) is 13.1. The van der Waals surface area contributed by atoms with Gasteiger partial charge >= 0.3 is 0 Å². The second kappa shape index (κ2) is 6.00. The summed E-state index contributed by atoms with van der Waals surface area (Å²) in [6, 6.07) is 8.24. The van der Waals surface area contributed by atoms with Crippen molar-refractivity contribution in [2.24, 2.45) is 0 Å². The van der Waals surface area contributed by atoms with Crippen molar-refractivity contribution in [2.45, 2.75) is 11.3 Å². The molecule has 102 valence electrons. The Bertz CT molecular complexity index is 566. The highest BCUT2D eigenvalue weighted by molar-refractivity contribution is 8.06. The summed E-state index contributed by atoms with van der Waals surface area (Å²) >= 11 is 10.2. The molecule has 0 spiro atoms. The molecule has 0 aliphatic carbocycles. The molecule has 1 aromatic carbocycles. The third-order valence-corrected chi connectivity index (χ3v) is 6.51. The highest BCUT2D eigenvalue weighted by Gasteiger charge is 2.27. The van der Waals surface area contributed by atoms with E-state index in [-0.39, 0.29) is 6.04 Å². The maximum absolute atomic E-state index is 6.18. The van der Waals surface area contributed by atoms with E-state index >= 15 is 0 Å². The van der Waals surface area contributed by atoms with Crippen LogP contribution < -0.4 is 5.32 Å². The normalized spacial score (nSPS) is 21.7. The van der Waals surface area contributed by atoms with Gasteiger partial charge in [0.15, 0.2) is 5.58 Å². The molecule has 1 aromatic heterocycles. The topological polar surface area (TPSA) is 25.2 Å². The molecule has 2 nitrogen and oxygen atoms in total. The smallest absolute Gasteiger partial charge is 0.152 e. The lowest BCUT2D eigenvalue weighted by atomic mass is 10.1. The number of nitrogens with one attached hydrogen (secondary N) is 1. The molecule has 1 N–H and O–H groups in total. The number of hydrogen-bond acceptors (Lipinski definition) is 4. The minimum Gasteiger partial charge on any atom is -0.458 e. The van der Waals surface area contributed by atoms with E-state index in [1.54, 1.807) is 0 Å². The summed E-state index contributed by atoms with van der Waals surface area (Å²) in [5.74, 6) is 4.63. The molecule has 0 amide bonds. The van der Waals surface area contributed by atoms with Crippen molar-refractivity contribution in [3.8, 4) is 0 Å². The lowest BCUT2D eigenvalue weighted by Crippen LogP contribution is -2.31. The van der Waals surface area contributed by atoms with Crippen LogP contribution in [0.2, 0.25) is 5.02 Å². The van der Waals surface area contributed by atoms with Gasteiger partial charge in [-0.15, -0.1) is 0 Å². The van der Waals surface area contributed by atoms with E-state index < -0.39 is 0 Å². The van der Waals surface area contributed by atoms with Gasteiger partial charge in [0.05, 0.1) is 11.1 Å². The number of halogens is 1. The first-order valence-electron chi connectivity index (χ1n) is 6.34. The van der Waals surface area contributed by atoms with Gasteiger partial charge in [-0.2, -0.15) is 23.5 Å². The molecule has 1 aliphatic heterocycles. The number of furan rings is 1. The number of benzene rings is 1. The third kappa shape index (κ3) is 2.77. The fourth-order valence-electron chi connectivity index (χ4n) is 2.41. The second-order valence-electron chi connectivity index (χ2n) is 4.56. The number of rotatable bonds is 3. The van der Waals surface area contributed by atoms with Crippen LogP contribution in [0, 0.1) is 0 Å². The Morgan fingerprint density at radius 1 is 1.42 bits per heavy atom. The van der Waals surface area contributed by atoms with Crippen molar-refractivity contribution in [1.82, 2.24) is 5.32 Å². The van der Waals surface area contributed by atoms with E-state index in [1.807, 2.05) is 48.8 Å². The SMILES string of the molecule is CNC(c1cc2cccc(Cl)c2o1)C1CSCCS1. The molecule has 3 rings (SSSR count). The minimum atomic E-state index is 0.251. The van der Waals surface area contributed by atoms with Crippen LogP contribution in [0.15, 0.2) is 28.7 Å². The Morgan fingerprint density at radius 3 is 3.00 bits per heavy atom. The Labute approximate surface area is 126 Å². The molecule has 1 saturated heterocycles. The number of thioether (sulfide) groups is 2. The van der Waals surface area contributed by atoms with E-state index in [0.29, 0.717) is 10.3 Å². The molecule has 1 fully saturated rings. The molecular formula is C14H16ClNOS2. The first kappa shape index (κ1) is 13.7. The minimum absolute atomic E-state index is 0.251. The highest BCUT2D eigenvalue weighted by Crippen LogP contribution is 2.36. The number of hydrogen-bond donors (Lipinski definition) is 1. The summed E-state index contributed by atoms with van der Waals surface area (Å²) in [7, 11) is 2.00. The van der Waals surface area contributed by atoms with Crippen molar-refractivity contribution >= 4 is 46.1 Å². The quantitative estimate of drug-likeness (QED) is 0.918. The van der Waals surface area contributed by atoms with Gasteiger partial charge in [-0.25, -0.2) is 0 Å². The third-order valence-electron chi connectivity index (χ3n) is 3.35. The zero-order chi connectivity index (χ0) is 13.2. The van der Waals surface area contributed by atoms with E-state index in [0.717, 1.165) is 16.7 Å². The van der Waals surface area contributed by atoms with Crippen molar-refractivity contribution in [1.29, 1.82) is 0 Å². The Hall–Kier alpha value is -0.290. The lowest BCUT2D eigenvalue weighted by Gasteiger charge is -2.27. The first-order chi connectivity index (χ1) is 9.29. The van der Waals surface area contributed by atoms with E-state index in [4.69, 9.17) is 16.0 Å². The molecule has 19 heavy (non-hydrogen) atoms. The Balaban J connectivity index is 1.94. The summed E-state index contributed by atoms with van der Waals surface area (Å²) in [4.78, 5) is 0. The van der Waals surface area contributed by atoms with Crippen LogP contribution in [0.4, 0.5) is 0 Å². The van der Waals surface area contributed by atoms with Gasteiger partial charge in [0, 0.05) is 27.9 Å². The van der Waals surface area contributed by atoms with E-state index in [1.165, 1.54) is 17.3 Å². The summed E-state index contributed by atoms with van der Waals surface area (Å²) in [6.07, 6.45) is 0. The highest BCUT2D eigenvalue weighted by atomic mass is 35.5. The predicted octanol–water partition coefficient (Wildman–Crippen LogP) is 4.20. The van der Waals surface area contributed by atoms with Crippen molar-refractivity contribution in [3.05, 3.63) is 35.0 Å². The molecule has 2 unspecified atom stereocenters. The molecule has 1 aliphatic rings.